The summed E-state index contributed by atoms with van der Waals surface area (Å²) in [5.74, 6) is 0. The van der Waals surface area contributed by atoms with Crippen LogP contribution in [0.25, 0.3) is 97.4 Å². The van der Waals surface area contributed by atoms with E-state index in [1.54, 1.807) is 0 Å². The summed E-state index contributed by atoms with van der Waals surface area (Å²) in [6.07, 6.45) is 0. The number of thiophene rings is 1. The van der Waals surface area contributed by atoms with E-state index in [1.807, 2.05) is 11.3 Å². The van der Waals surface area contributed by atoms with Crippen molar-refractivity contribution in [2.75, 3.05) is 0 Å². The first-order valence-corrected chi connectivity index (χ1v) is 18.3. The predicted molar refractivity (Wildman–Crippen MR) is 219 cm³/mol. The molecule has 0 aliphatic heterocycles. The number of hydrogen-bond acceptors (Lipinski definition) is 1. The zero-order valence-corrected chi connectivity index (χ0v) is 28.4. The maximum atomic E-state index is 2.46. The minimum Gasteiger partial charge on any atom is -0.309 e. The minimum absolute atomic E-state index is 1.16. The van der Waals surface area contributed by atoms with Crippen LogP contribution in [0.15, 0.2) is 182 Å². The van der Waals surface area contributed by atoms with Crippen LogP contribution in [0, 0.1) is 0 Å². The van der Waals surface area contributed by atoms with E-state index in [0.29, 0.717) is 0 Å². The lowest BCUT2D eigenvalue weighted by molar-refractivity contribution is 1.18. The van der Waals surface area contributed by atoms with Gasteiger partial charge in [-0.1, -0.05) is 109 Å². The van der Waals surface area contributed by atoms with Crippen molar-refractivity contribution >= 4 is 75.1 Å². The van der Waals surface area contributed by atoms with Crippen molar-refractivity contribution in [2.45, 2.75) is 0 Å². The quantitative estimate of drug-likeness (QED) is 0.177. The summed E-state index contributed by atoms with van der Waals surface area (Å²) in [5.41, 5.74) is 12.1. The fraction of sp³-hybridized carbons (Fsp3) is 0. The Morgan fingerprint density at radius 2 is 0.863 bits per heavy atom. The first-order valence-electron chi connectivity index (χ1n) is 17.4. The van der Waals surface area contributed by atoms with Gasteiger partial charge in [-0.2, -0.15) is 0 Å². The van der Waals surface area contributed by atoms with Crippen molar-refractivity contribution in [1.29, 1.82) is 0 Å². The van der Waals surface area contributed by atoms with E-state index >= 15 is 0 Å². The van der Waals surface area contributed by atoms with Crippen LogP contribution in [0.2, 0.25) is 0 Å². The Balaban J connectivity index is 1.18. The van der Waals surface area contributed by atoms with Gasteiger partial charge in [0.25, 0.3) is 0 Å². The van der Waals surface area contributed by atoms with Gasteiger partial charge in [-0.15, -0.1) is 11.3 Å². The van der Waals surface area contributed by atoms with Gasteiger partial charge < -0.3 is 9.13 Å². The molecule has 0 radical (unpaired) electrons. The van der Waals surface area contributed by atoms with Gasteiger partial charge in [0.2, 0.25) is 0 Å². The monoisotopic (exact) mass is 666 g/mol. The average molecular weight is 667 g/mol. The Bertz CT molecular complexity index is 3130. The Morgan fingerprint density at radius 1 is 0.294 bits per heavy atom. The van der Waals surface area contributed by atoms with Crippen molar-refractivity contribution in [3.8, 4) is 33.6 Å². The second-order valence-electron chi connectivity index (χ2n) is 13.3. The molecule has 11 aromatic rings. The van der Waals surface area contributed by atoms with E-state index in [2.05, 4.69) is 191 Å². The van der Waals surface area contributed by atoms with E-state index in [4.69, 9.17) is 0 Å². The third-order valence-electron chi connectivity index (χ3n) is 10.5. The first kappa shape index (κ1) is 28.4. The smallest absolute Gasteiger partial charge is 0.0548 e. The normalized spacial score (nSPS) is 11.9. The molecule has 0 spiro atoms. The van der Waals surface area contributed by atoms with Gasteiger partial charge in [0, 0.05) is 53.1 Å². The molecule has 0 aliphatic rings. The van der Waals surface area contributed by atoms with E-state index in [1.165, 1.54) is 91.7 Å². The molecule has 2 nitrogen and oxygen atoms in total. The van der Waals surface area contributed by atoms with Crippen LogP contribution in [-0.2, 0) is 0 Å². The van der Waals surface area contributed by atoms with Crippen LogP contribution in [0.1, 0.15) is 0 Å². The molecule has 0 fully saturated rings. The molecule has 0 aliphatic carbocycles. The van der Waals surface area contributed by atoms with Gasteiger partial charge in [-0.25, -0.2) is 0 Å². The van der Waals surface area contributed by atoms with E-state index < -0.39 is 0 Å². The van der Waals surface area contributed by atoms with E-state index in [0.717, 1.165) is 5.69 Å². The van der Waals surface area contributed by atoms with Gasteiger partial charge in [-0.05, 0) is 95.1 Å². The largest absolute Gasteiger partial charge is 0.309 e. The van der Waals surface area contributed by atoms with Crippen molar-refractivity contribution in [3.63, 3.8) is 0 Å². The molecule has 0 saturated heterocycles. The molecule has 0 amide bonds. The van der Waals surface area contributed by atoms with Crippen molar-refractivity contribution < 1.29 is 0 Å². The summed E-state index contributed by atoms with van der Waals surface area (Å²) < 4.78 is 7.49. The zero-order valence-electron chi connectivity index (χ0n) is 27.6. The summed E-state index contributed by atoms with van der Waals surface area (Å²) in [5, 5.41) is 7.77. The molecule has 0 N–H and O–H groups in total. The van der Waals surface area contributed by atoms with Crippen molar-refractivity contribution in [2.24, 2.45) is 0 Å². The topological polar surface area (TPSA) is 9.86 Å². The molecule has 0 unspecified atom stereocenters. The third kappa shape index (κ3) is 4.29. The molecule has 0 bridgehead atoms. The van der Waals surface area contributed by atoms with Gasteiger partial charge in [0.05, 0.1) is 22.1 Å². The summed E-state index contributed by atoms with van der Waals surface area (Å²) in [7, 11) is 0. The van der Waals surface area contributed by atoms with Gasteiger partial charge in [0.15, 0.2) is 0 Å². The van der Waals surface area contributed by atoms with Crippen LogP contribution >= 0.6 is 11.3 Å². The van der Waals surface area contributed by atoms with Crippen molar-refractivity contribution in [3.05, 3.63) is 182 Å². The van der Waals surface area contributed by atoms with Crippen LogP contribution < -0.4 is 0 Å². The lowest BCUT2D eigenvalue weighted by atomic mass is 9.99. The number of hydrogen-bond donors (Lipinski definition) is 0. The van der Waals surface area contributed by atoms with Gasteiger partial charge in [0.1, 0.15) is 0 Å². The number of para-hydroxylation sites is 2. The molecule has 3 heterocycles. The summed E-state index contributed by atoms with van der Waals surface area (Å²) in [6, 6.07) is 66.6. The molecule has 8 aromatic carbocycles. The Morgan fingerprint density at radius 3 is 1.69 bits per heavy atom. The van der Waals surface area contributed by atoms with Crippen LogP contribution in [0.5, 0.6) is 0 Å². The molecule has 3 heteroatoms. The fourth-order valence-electron chi connectivity index (χ4n) is 8.25. The van der Waals surface area contributed by atoms with E-state index in [9.17, 15) is 0 Å². The molecule has 11 rings (SSSR count). The molecular weight excluding hydrogens is 637 g/mol. The number of fused-ring (bicyclic) bond motifs is 10. The average Bonchev–Trinajstić information content (AvgIpc) is 3.85. The maximum Gasteiger partial charge on any atom is 0.0548 e. The highest BCUT2D eigenvalue weighted by Crippen LogP contribution is 2.45. The highest BCUT2D eigenvalue weighted by atomic mass is 32.1. The second kappa shape index (κ2) is 11.0. The number of rotatable bonds is 4. The summed E-state index contributed by atoms with van der Waals surface area (Å²) in [4.78, 5) is 0. The number of aromatic nitrogens is 2. The third-order valence-corrected chi connectivity index (χ3v) is 11.6. The summed E-state index contributed by atoms with van der Waals surface area (Å²) >= 11 is 1.88. The Kier molecular flexibility index (Phi) is 6.16. The highest BCUT2D eigenvalue weighted by molar-refractivity contribution is 7.26. The number of nitrogens with zero attached hydrogens (tertiary/aromatic N) is 2. The van der Waals surface area contributed by atoms with Gasteiger partial charge in [-0.3, -0.25) is 0 Å². The molecular formula is C48H30N2S. The standard InChI is InChI=1S/C48H30N2S/c1-3-12-31(13-4-1)32-14-11-17-36(28-32)50-43-25-23-34(30-40(43)47-44(50)26-27-46-48(47)38-19-8-10-21-45(38)51-46)33-22-24-42-39(29-33)37-18-7-9-20-41(37)49(42)35-15-5-2-6-16-35/h1-30H. The molecule has 3 aromatic heterocycles. The lowest BCUT2D eigenvalue weighted by Gasteiger charge is -2.11. The van der Waals surface area contributed by atoms with Crippen molar-refractivity contribution in [1.82, 2.24) is 9.13 Å². The minimum atomic E-state index is 1.16. The van der Waals surface area contributed by atoms with E-state index in [-0.39, 0.29) is 0 Å². The SMILES string of the molecule is c1ccc(-c2cccc(-n3c4ccc(-c5ccc6c(c5)c5ccccc5n6-c5ccccc5)cc4c4c5c(ccc43)sc3ccccc35)c2)cc1. The first-order chi connectivity index (χ1) is 25.3. The number of benzene rings is 8. The molecule has 238 valence electrons. The molecule has 51 heavy (non-hydrogen) atoms. The van der Waals surface area contributed by atoms with Gasteiger partial charge >= 0.3 is 0 Å². The predicted octanol–water partition coefficient (Wildman–Crippen LogP) is 13.6. The Labute approximate surface area is 298 Å². The highest BCUT2D eigenvalue weighted by Gasteiger charge is 2.20. The summed E-state index contributed by atoms with van der Waals surface area (Å²) in [6.45, 7) is 0. The lowest BCUT2D eigenvalue weighted by Crippen LogP contribution is -1.94. The molecule has 0 saturated carbocycles. The fourth-order valence-corrected chi connectivity index (χ4v) is 9.36. The van der Waals surface area contributed by atoms with Crippen LogP contribution in [0.4, 0.5) is 0 Å². The van der Waals surface area contributed by atoms with Crippen LogP contribution in [-0.4, -0.2) is 9.13 Å². The molecule has 0 atom stereocenters. The Hall–Kier alpha value is -6.42. The second-order valence-corrected chi connectivity index (χ2v) is 14.4. The maximum absolute atomic E-state index is 2.46. The van der Waals surface area contributed by atoms with Crippen LogP contribution in [0.3, 0.4) is 0 Å². The zero-order chi connectivity index (χ0) is 33.5.